The number of benzene rings is 1. The second-order valence-electron chi connectivity index (χ2n) is 4.77. The van der Waals surface area contributed by atoms with Gasteiger partial charge in [-0.3, -0.25) is 0 Å². The molecule has 0 amide bonds. The Bertz CT molecular complexity index is 571. The molecule has 5 heteroatoms. The molecule has 0 aliphatic carbocycles. The average Bonchev–Trinajstić information content (AvgIpc) is 2.27. The molecule has 18 heavy (non-hydrogen) atoms. The standard InChI is InChI=1S/C13H18N2O2S/c1-10(2)9-15(4)18(16,17)13-6-5-12(8-14)11(3)7-13/h5-7,10H,9H2,1-4H3. The van der Waals surface area contributed by atoms with Crippen LogP contribution in [-0.4, -0.2) is 26.3 Å². The molecule has 0 aliphatic heterocycles. The molecule has 0 atom stereocenters. The van der Waals surface area contributed by atoms with Gasteiger partial charge in [0.05, 0.1) is 16.5 Å². The van der Waals surface area contributed by atoms with Crippen molar-refractivity contribution in [3.8, 4) is 6.07 Å². The summed E-state index contributed by atoms with van der Waals surface area (Å²) in [5.74, 6) is 0.268. The Morgan fingerprint density at radius 2 is 2.00 bits per heavy atom. The Balaban J connectivity index is 3.14. The molecule has 98 valence electrons. The van der Waals surface area contributed by atoms with Crippen LogP contribution >= 0.6 is 0 Å². The molecular weight excluding hydrogens is 248 g/mol. The van der Waals surface area contributed by atoms with Gasteiger partial charge in [0.15, 0.2) is 0 Å². The van der Waals surface area contributed by atoms with E-state index in [2.05, 4.69) is 0 Å². The Hall–Kier alpha value is -1.38. The first-order valence-corrected chi connectivity index (χ1v) is 7.20. The molecule has 0 fully saturated rings. The van der Waals surface area contributed by atoms with Crippen LogP contribution in [0.1, 0.15) is 25.0 Å². The van der Waals surface area contributed by atoms with Gasteiger partial charge < -0.3 is 0 Å². The van der Waals surface area contributed by atoms with Crippen molar-refractivity contribution >= 4 is 10.0 Å². The van der Waals surface area contributed by atoms with Crippen molar-refractivity contribution in [3.63, 3.8) is 0 Å². The van der Waals surface area contributed by atoms with E-state index in [1.807, 2.05) is 19.9 Å². The van der Waals surface area contributed by atoms with E-state index in [0.29, 0.717) is 17.7 Å². The fourth-order valence-electron chi connectivity index (χ4n) is 1.71. The Morgan fingerprint density at radius 3 is 2.44 bits per heavy atom. The summed E-state index contributed by atoms with van der Waals surface area (Å²) < 4.78 is 25.9. The van der Waals surface area contributed by atoms with Gasteiger partial charge in [0.1, 0.15) is 0 Å². The summed E-state index contributed by atoms with van der Waals surface area (Å²) in [6.45, 7) is 6.15. The number of sulfonamides is 1. The zero-order valence-corrected chi connectivity index (χ0v) is 12.0. The summed E-state index contributed by atoms with van der Waals surface area (Å²) in [6, 6.07) is 6.60. The molecule has 4 nitrogen and oxygen atoms in total. The van der Waals surface area contributed by atoms with E-state index in [4.69, 9.17) is 5.26 Å². The highest BCUT2D eigenvalue weighted by Crippen LogP contribution is 2.18. The lowest BCUT2D eigenvalue weighted by molar-refractivity contribution is 0.417. The van der Waals surface area contributed by atoms with E-state index in [-0.39, 0.29) is 10.8 Å². The third-order valence-corrected chi connectivity index (χ3v) is 4.47. The summed E-state index contributed by atoms with van der Waals surface area (Å²) >= 11 is 0. The minimum atomic E-state index is -3.46. The fourth-order valence-corrected chi connectivity index (χ4v) is 3.13. The predicted octanol–water partition coefficient (Wildman–Crippen LogP) is 2.14. The third-order valence-electron chi connectivity index (χ3n) is 2.65. The lowest BCUT2D eigenvalue weighted by Crippen LogP contribution is -2.30. The summed E-state index contributed by atoms with van der Waals surface area (Å²) in [6.07, 6.45) is 0. The van der Waals surface area contributed by atoms with Crippen LogP contribution in [0.15, 0.2) is 23.1 Å². The minimum Gasteiger partial charge on any atom is -0.207 e. The topological polar surface area (TPSA) is 61.2 Å². The van der Waals surface area contributed by atoms with E-state index < -0.39 is 10.0 Å². The van der Waals surface area contributed by atoms with Crippen molar-refractivity contribution in [1.82, 2.24) is 4.31 Å². The maximum atomic E-state index is 12.3. The van der Waals surface area contributed by atoms with Gasteiger partial charge in [-0.05, 0) is 36.6 Å². The van der Waals surface area contributed by atoms with Crippen molar-refractivity contribution in [2.45, 2.75) is 25.7 Å². The lowest BCUT2D eigenvalue weighted by Gasteiger charge is -2.19. The van der Waals surface area contributed by atoms with Crippen molar-refractivity contribution in [3.05, 3.63) is 29.3 Å². The zero-order valence-electron chi connectivity index (χ0n) is 11.1. The number of nitriles is 1. The zero-order chi connectivity index (χ0) is 13.9. The first-order chi connectivity index (χ1) is 8.28. The maximum Gasteiger partial charge on any atom is 0.242 e. The van der Waals surface area contributed by atoms with Crippen LogP contribution in [0.25, 0.3) is 0 Å². The number of aryl methyl sites for hydroxylation is 1. The predicted molar refractivity (Wildman–Crippen MR) is 70.5 cm³/mol. The fraction of sp³-hybridized carbons (Fsp3) is 0.462. The number of hydrogen-bond acceptors (Lipinski definition) is 3. The molecule has 0 bridgehead atoms. The first kappa shape index (κ1) is 14.7. The van der Waals surface area contributed by atoms with Crippen LogP contribution in [-0.2, 0) is 10.0 Å². The molecule has 0 unspecified atom stereocenters. The highest BCUT2D eigenvalue weighted by atomic mass is 32.2. The molecule has 0 saturated carbocycles. The molecule has 0 heterocycles. The van der Waals surface area contributed by atoms with Gasteiger partial charge in [0.25, 0.3) is 0 Å². The molecular formula is C13H18N2O2S. The number of nitrogens with zero attached hydrogens (tertiary/aromatic N) is 2. The van der Waals surface area contributed by atoms with E-state index in [1.54, 1.807) is 26.1 Å². The van der Waals surface area contributed by atoms with Crippen LogP contribution in [0.2, 0.25) is 0 Å². The molecule has 0 N–H and O–H groups in total. The van der Waals surface area contributed by atoms with E-state index in [1.165, 1.54) is 10.4 Å². The van der Waals surface area contributed by atoms with Gasteiger partial charge in [0, 0.05) is 13.6 Å². The monoisotopic (exact) mass is 266 g/mol. The summed E-state index contributed by atoms with van der Waals surface area (Å²) in [7, 11) is -1.89. The Labute approximate surface area is 109 Å². The van der Waals surface area contributed by atoms with Crippen molar-refractivity contribution in [1.29, 1.82) is 5.26 Å². The normalized spacial score (nSPS) is 11.8. The first-order valence-electron chi connectivity index (χ1n) is 5.76. The van der Waals surface area contributed by atoms with Gasteiger partial charge in [-0.15, -0.1) is 0 Å². The van der Waals surface area contributed by atoms with Gasteiger partial charge in [-0.25, -0.2) is 12.7 Å². The highest BCUT2D eigenvalue weighted by Gasteiger charge is 2.21. The van der Waals surface area contributed by atoms with E-state index in [0.717, 1.165) is 0 Å². The van der Waals surface area contributed by atoms with Crippen molar-refractivity contribution in [2.24, 2.45) is 5.92 Å². The number of hydrogen-bond donors (Lipinski definition) is 0. The highest BCUT2D eigenvalue weighted by molar-refractivity contribution is 7.89. The second kappa shape index (κ2) is 5.51. The SMILES string of the molecule is Cc1cc(S(=O)(=O)N(C)CC(C)C)ccc1C#N. The largest absolute Gasteiger partial charge is 0.242 e. The average molecular weight is 266 g/mol. The van der Waals surface area contributed by atoms with Gasteiger partial charge in [0.2, 0.25) is 10.0 Å². The molecule has 0 aliphatic rings. The van der Waals surface area contributed by atoms with Crippen LogP contribution in [0, 0.1) is 24.2 Å². The maximum absolute atomic E-state index is 12.3. The Kier molecular flexibility index (Phi) is 4.49. The molecule has 0 saturated heterocycles. The summed E-state index contributed by atoms with van der Waals surface area (Å²) in [5.41, 5.74) is 1.18. The molecule has 0 spiro atoms. The minimum absolute atomic E-state index is 0.238. The summed E-state index contributed by atoms with van der Waals surface area (Å²) in [5, 5.41) is 8.83. The van der Waals surface area contributed by atoms with Gasteiger partial charge in [-0.2, -0.15) is 5.26 Å². The second-order valence-corrected chi connectivity index (χ2v) is 6.81. The van der Waals surface area contributed by atoms with Crippen LogP contribution in [0.5, 0.6) is 0 Å². The van der Waals surface area contributed by atoms with E-state index >= 15 is 0 Å². The Morgan fingerprint density at radius 1 is 1.39 bits per heavy atom. The van der Waals surface area contributed by atoms with Crippen LogP contribution in [0.3, 0.4) is 0 Å². The van der Waals surface area contributed by atoms with Crippen LogP contribution < -0.4 is 0 Å². The molecule has 1 aromatic carbocycles. The molecule has 1 rings (SSSR count). The quantitative estimate of drug-likeness (QED) is 0.839. The third kappa shape index (κ3) is 3.09. The lowest BCUT2D eigenvalue weighted by atomic mass is 10.1. The van der Waals surface area contributed by atoms with E-state index in [9.17, 15) is 8.42 Å². The number of rotatable bonds is 4. The molecule has 0 aromatic heterocycles. The smallest absolute Gasteiger partial charge is 0.207 e. The molecule has 1 aromatic rings. The van der Waals surface area contributed by atoms with Crippen LogP contribution in [0.4, 0.5) is 0 Å². The van der Waals surface area contributed by atoms with Crippen molar-refractivity contribution < 1.29 is 8.42 Å². The van der Waals surface area contributed by atoms with Gasteiger partial charge in [-0.1, -0.05) is 13.8 Å². The van der Waals surface area contributed by atoms with Gasteiger partial charge >= 0.3 is 0 Å². The summed E-state index contributed by atoms with van der Waals surface area (Å²) in [4.78, 5) is 0.238. The van der Waals surface area contributed by atoms with Crippen molar-refractivity contribution in [2.75, 3.05) is 13.6 Å². The molecule has 0 radical (unpaired) electrons.